The molecule has 0 saturated heterocycles. The van der Waals surface area contributed by atoms with Crippen molar-refractivity contribution >= 4 is 11.3 Å². The van der Waals surface area contributed by atoms with Gasteiger partial charge in [-0.25, -0.2) is 9.97 Å². The van der Waals surface area contributed by atoms with E-state index in [1.165, 1.54) is 0 Å². The first-order valence-corrected chi connectivity index (χ1v) is 7.41. The predicted octanol–water partition coefficient (Wildman–Crippen LogP) is 3.70. The van der Waals surface area contributed by atoms with Crippen LogP contribution >= 0.6 is 11.3 Å². The van der Waals surface area contributed by atoms with E-state index in [1.807, 2.05) is 24.3 Å². The van der Waals surface area contributed by atoms with Crippen molar-refractivity contribution in [3.63, 3.8) is 0 Å². The molecule has 0 bridgehead atoms. The van der Waals surface area contributed by atoms with Crippen molar-refractivity contribution in [1.82, 2.24) is 15.0 Å². The number of aryl methyl sites for hydroxylation is 1. The minimum Gasteiger partial charge on any atom is -0.264 e. The molecule has 0 spiro atoms. The van der Waals surface area contributed by atoms with Crippen LogP contribution in [0.2, 0.25) is 0 Å². The Hall–Kier alpha value is -2.58. The number of hydrogen-bond donors (Lipinski definition) is 0. The molecule has 4 nitrogen and oxygen atoms in total. The number of aromatic nitrogens is 3. The van der Waals surface area contributed by atoms with Gasteiger partial charge in [0.2, 0.25) is 0 Å². The maximum absolute atomic E-state index is 8.99. The van der Waals surface area contributed by atoms with E-state index in [0.717, 1.165) is 33.3 Å². The number of nitrogens with zero attached hydrogens (tertiary/aromatic N) is 4. The average Bonchev–Trinajstić information content (AvgIpc) is 3.00. The normalized spacial score (nSPS) is 10.3. The lowest BCUT2D eigenvalue weighted by Gasteiger charge is -1.99. The van der Waals surface area contributed by atoms with E-state index >= 15 is 0 Å². The lowest BCUT2D eigenvalue weighted by molar-refractivity contribution is 1.06. The molecular formula is C16H12N4S. The summed E-state index contributed by atoms with van der Waals surface area (Å²) in [6.07, 6.45) is 4.38. The second kappa shape index (κ2) is 5.81. The summed E-state index contributed by atoms with van der Waals surface area (Å²) in [6, 6.07) is 11.4. The molecule has 0 amide bonds. The van der Waals surface area contributed by atoms with Crippen molar-refractivity contribution in [1.29, 1.82) is 5.26 Å². The van der Waals surface area contributed by atoms with Crippen LogP contribution in [0.25, 0.3) is 21.1 Å². The molecule has 3 heterocycles. The van der Waals surface area contributed by atoms with Crippen molar-refractivity contribution in [2.24, 2.45) is 0 Å². The van der Waals surface area contributed by atoms with Gasteiger partial charge in [-0.3, -0.25) is 4.98 Å². The standard InChI is InChI=1S/C16H12N4S/c1-2-13-15(14-7-3-6-12(9-17)19-14)21-16(20-13)11-5-4-8-18-10-11/h3-8,10H,2H2,1H3. The van der Waals surface area contributed by atoms with E-state index in [-0.39, 0.29) is 0 Å². The van der Waals surface area contributed by atoms with Gasteiger partial charge in [-0.15, -0.1) is 11.3 Å². The first-order chi connectivity index (χ1) is 10.3. The van der Waals surface area contributed by atoms with Crippen LogP contribution in [0.15, 0.2) is 42.7 Å². The Labute approximate surface area is 126 Å². The number of nitriles is 1. The largest absolute Gasteiger partial charge is 0.264 e. The molecule has 0 saturated carbocycles. The number of pyridine rings is 2. The molecule has 0 radical (unpaired) electrons. The summed E-state index contributed by atoms with van der Waals surface area (Å²) >= 11 is 1.59. The maximum Gasteiger partial charge on any atom is 0.141 e. The Morgan fingerprint density at radius 3 is 2.81 bits per heavy atom. The summed E-state index contributed by atoms with van der Waals surface area (Å²) in [5.41, 5.74) is 3.23. The Morgan fingerprint density at radius 2 is 2.10 bits per heavy atom. The molecule has 3 rings (SSSR count). The van der Waals surface area contributed by atoms with E-state index in [1.54, 1.807) is 29.8 Å². The lowest BCUT2D eigenvalue weighted by Crippen LogP contribution is -1.89. The Balaban J connectivity index is 2.10. The summed E-state index contributed by atoms with van der Waals surface area (Å²) < 4.78 is 0. The zero-order chi connectivity index (χ0) is 14.7. The van der Waals surface area contributed by atoms with Crippen LogP contribution in [0.5, 0.6) is 0 Å². The highest BCUT2D eigenvalue weighted by Crippen LogP contribution is 2.34. The van der Waals surface area contributed by atoms with Crippen LogP contribution in [-0.4, -0.2) is 15.0 Å². The summed E-state index contributed by atoms with van der Waals surface area (Å²) in [5, 5.41) is 9.92. The van der Waals surface area contributed by atoms with Crippen molar-refractivity contribution < 1.29 is 0 Å². The van der Waals surface area contributed by atoms with Gasteiger partial charge in [0.05, 0.1) is 16.3 Å². The van der Waals surface area contributed by atoms with Crippen molar-refractivity contribution in [3.05, 3.63) is 54.1 Å². The molecule has 21 heavy (non-hydrogen) atoms. The highest BCUT2D eigenvalue weighted by Gasteiger charge is 2.14. The van der Waals surface area contributed by atoms with E-state index in [0.29, 0.717) is 5.69 Å². The molecular weight excluding hydrogens is 280 g/mol. The molecule has 0 atom stereocenters. The van der Waals surface area contributed by atoms with E-state index < -0.39 is 0 Å². The average molecular weight is 292 g/mol. The van der Waals surface area contributed by atoms with Gasteiger partial charge in [-0.1, -0.05) is 13.0 Å². The minimum absolute atomic E-state index is 0.422. The van der Waals surface area contributed by atoms with Crippen LogP contribution in [0.4, 0.5) is 0 Å². The van der Waals surface area contributed by atoms with Crippen LogP contribution < -0.4 is 0 Å². The Kier molecular flexibility index (Phi) is 3.71. The van der Waals surface area contributed by atoms with Gasteiger partial charge < -0.3 is 0 Å². The summed E-state index contributed by atoms with van der Waals surface area (Å²) in [4.78, 5) is 14.2. The van der Waals surface area contributed by atoms with Crippen LogP contribution in [0.3, 0.4) is 0 Å². The Bertz CT molecular complexity index is 803. The van der Waals surface area contributed by atoms with Gasteiger partial charge in [0.15, 0.2) is 0 Å². The second-order valence-electron chi connectivity index (χ2n) is 4.41. The van der Waals surface area contributed by atoms with Crippen LogP contribution in [-0.2, 0) is 6.42 Å². The number of hydrogen-bond acceptors (Lipinski definition) is 5. The van der Waals surface area contributed by atoms with Gasteiger partial charge in [0.1, 0.15) is 16.8 Å². The molecule has 5 heteroatoms. The summed E-state index contributed by atoms with van der Waals surface area (Å²) in [6.45, 7) is 2.07. The molecule has 3 aromatic heterocycles. The zero-order valence-corrected chi connectivity index (χ0v) is 12.3. The summed E-state index contributed by atoms with van der Waals surface area (Å²) in [7, 11) is 0. The fourth-order valence-electron chi connectivity index (χ4n) is 2.03. The fourth-order valence-corrected chi connectivity index (χ4v) is 3.14. The smallest absolute Gasteiger partial charge is 0.141 e. The molecule has 0 unspecified atom stereocenters. The van der Waals surface area contributed by atoms with Crippen LogP contribution in [0, 0.1) is 11.3 Å². The van der Waals surface area contributed by atoms with E-state index in [9.17, 15) is 0 Å². The van der Waals surface area contributed by atoms with Crippen LogP contribution in [0.1, 0.15) is 18.3 Å². The third kappa shape index (κ3) is 2.67. The predicted molar refractivity (Wildman–Crippen MR) is 82.7 cm³/mol. The first kappa shape index (κ1) is 13.4. The maximum atomic E-state index is 8.99. The fraction of sp³-hybridized carbons (Fsp3) is 0.125. The molecule has 102 valence electrons. The summed E-state index contributed by atoms with van der Waals surface area (Å²) in [5.74, 6) is 0. The van der Waals surface area contributed by atoms with Crippen molar-refractivity contribution in [2.75, 3.05) is 0 Å². The first-order valence-electron chi connectivity index (χ1n) is 6.59. The second-order valence-corrected chi connectivity index (χ2v) is 5.41. The van der Waals surface area contributed by atoms with E-state index in [4.69, 9.17) is 5.26 Å². The topological polar surface area (TPSA) is 62.5 Å². The lowest BCUT2D eigenvalue weighted by atomic mass is 10.2. The van der Waals surface area contributed by atoms with Gasteiger partial charge in [-0.05, 0) is 30.7 Å². The highest BCUT2D eigenvalue weighted by molar-refractivity contribution is 7.18. The van der Waals surface area contributed by atoms with Crippen molar-refractivity contribution in [2.45, 2.75) is 13.3 Å². The van der Waals surface area contributed by atoms with Gasteiger partial charge in [-0.2, -0.15) is 5.26 Å². The monoisotopic (exact) mass is 292 g/mol. The number of thiazole rings is 1. The van der Waals surface area contributed by atoms with E-state index in [2.05, 4.69) is 27.9 Å². The molecule has 0 aromatic carbocycles. The zero-order valence-electron chi connectivity index (χ0n) is 11.4. The molecule has 0 aliphatic rings. The third-order valence-electron chi connectivity index (χ3n) is 3.04. The highest BCUT2D eigenvalue weighted by atomic mass is 32.1. The molecule has 3 aromatic rings. The van der Waals surface area contributed by atoms with Crippen molar-refractivity contribution in [3.8, 4) is 27.2 Å². The minimum atomic E-state index is 0.422. The molecule has 0 aliphatic heterocycles. The quantitative estimate of drug-likeness (QED) is 0.738. The molecule has 0 fully saturated rings. The third-order valence-corrected chi connectivity index (χ3v) is 4.21. The molecule has 0 aliphatic carbocycles. The SMILES string of the molecule is CCc1nc(-c2cccnc2)sc1-c1cccc(C#N)n1. The Morgan fingerprint density at radius 1 is 1.19 bits per heavy atom. The number of rotatable bonds is 3. The van der Waals surface area contributed by atoms with Gasteiger partial charge in [0.25, 0.3) is 0 Å². The van der Waals surface area contributed by atoms with Gasteiger partial charge >= 0.3 is 0 Å². The van der Waals surface area contributed by atoms with Gasteiger partial charge in [0, 0.05) is 18.0 Å². The molecule has 0 N–H and O–H groups in total.